The fraction of sp³-hybridized carbons (Fsp3) is 0.200. The third-order valence-electron chi connectivity index (χ3n) is 2.19. The summed E-state index contributed by atoms with van der Waals surface area (Å²) in [7, 11) is 0. The Morgan fingerprint density at radius 3 is 2.71 bits per heavy atom. The van der Waals surface area contributed by atoms with Crippen LogP contribution in [0.5, 0.6) is 0 Å². The number of pyridine rings is 1. The Kier molecular flexibility index (Phi) is 2.28. The van der Waals surface area contributed by atoms with Gasteiger partial charge in [-0.15, -0.1) is 0 Å². The van der Waals surface area contributed by atoms with Gasteiger partial charge in [-0.1, -0.05) is 0 Å². The molecule has 0 aliphatic rings. The quantitative estimate of drug-likeness (QED) is 0.747. The zero-order valence-electron chi connectivity index (χ0n) is 7.86. The van der Waals surface area contributed by atoms with Crippen molar-refractivity contribution in [3.8, 4) is 11.3 Å². The van der Waals surface area contributed by atoms with Crippen LogP contribution < -0.4 is 0 Å². The largest absolute Gasteiger partial charge is 0.392 e. The van der Waals surface area contributed by atoms with Crippen molar-refractivity contribution in [1.82, 2.24) is 15.2 Å². The third-order valence-corrected chi connectivity index (χ3v) is 2.19. The fourth-order valence-corrected chi connectivity index (χ4v) is 1.39. The predicted molar refractivity (Wildman–Crippen MR) is 52.5 cm³/mol. The van der Waals surface area contributed by atoms with Crippen molar-refractivity contribution in [3.05, 3.63) is 35.8 Å². The normalized spacial score (nSPS) is 10.4. The SMILES string of the molecule is Cc1[nH]nc(-c2ccncc2)c1CO. The van der Waals surface area contributed by atoms with Gasteiger partial charge in [0.15, 0.2) is 0 Å². The van der Waals surface area contributed by atoms with E-state index >= 15 is 0 Å². The minimum absolute atomic E-state index is 0.0000104. The van der Waals surface area contributed by atoms with Crippen LogP contribution >= 0.6 is 0 Å². The summed E-state index contributed by atoms with van der Waals surface area (Å²) in [6, 6.07) is 3.74. The van der Waals surface area contributed by atoms with Crippen LogP contribution in [0.3, 0.4) is 0 Å². The number of nitrogens with one attached hydrogen (secondary N) is 1. The van der Waals surface area contributed by atoms with Crippen molar-refractivity contribution < 1.29 is 5.11 Å². The van der Waals surface area contributed by atoms with Gasteiger partial charge in [0.1, 0.15) is 0 Å². The molecule has 0 saturated heterocycles. The summed E-state index contributed by atoms with van der Waals surface area (Å²) in [5.41, 5.74) is 3.51. The molecule has 14 heavy (non-hydrogen) atoms. The number of nitrogens with zero attached hydrogens (tertiary/aromatic N) is 2. The van der Waals surface area contributed by atoms with Gasteiger partial charge >= 0.3 is 0 Å². The molecule has 0 aromatic carbocycles. The van der Waals surface area contributed by atoms with Crippen molar-refractivity contribution in [2.24, 2.45) is 0 Å². The first-order valence-corrected chi connectivity index (χ1v) is 4.38. The Balaban J connectivity index is 2.52. The molecule has 0 saturated carbocycles. The molecule has 0 amide bonds. The van der Waals surface area contributed by atoms with Crippen LogP contribution in [0.1, 0.15) is 11.3 Å². The van der Waals surface area contributed by atoms with Crippen LogP contribution in [0.4, 0.5) is 0 Å². The van der Waals surface area contributed by atoms with E-state index < -0.39 is 0 Å². The molecule has 0 spiro atoms. The zero-order valence-corrected chi connectivity index (χ0v) is 7.86. The van der Waals surface area contributed by atoms with E-state index in [1.54, 1.807) is 12.4 Å². The van der Waals surface area contributed by atoms with Gasteiger partial charge < -0.3 is 5.11 Å². The van der Waals surface area contributed by atoms with E-state index in [-0.39, 0.29) is 6.61 Å². The van der Waals surface area contributed by atoms with Crippen LogP contribution in [0, 0.1) is 6.92 Å². The lowest BCUT2D eigenvalue weighted by atomic mass is 10.1. The van der Waals surface area contributed by atoms with E-state index in [2.05, 4.69) is 15.2 Å². The third kappa shape index (κ3) is 1.40. The van der Waals surface area contributed by atoms with Crippen LogP contribution in [-0.2, 0) is 6.61 Å². The molecule has 2 rings (SSSR count). The lowest BCUT2D eigenvalue weighted by Crippen LogP contribution is -1.88. The molecule has 2 aromatic rings. The fourth-order valence-electron chi connectivity index (χ4n) is 1.39. The Hall–Kier alpha value is -1.68. The molecule has 2 N–H and O–H groups in total. The Morgan fingerprint density at radius 2 is 2.07 bits per heavy atom. The standard InChI is InChI=1S/C10H11N3O/c1-7-9(6-14)10(13-12-7)8-2-4-11-5-3-8/h2-5,14H,6H2,1H3,(H,12,13). The Labute approximate surface area is 81.6 Å². The maximum Gasteiger partial charge on any atom is 0.0979 e. The van der Waals surface area contributed by atoms with E-state index in [1.165, 1.54) is 0 Å². The summed E-state index contributed by atoms with van der Waals surface area (Å²) in [6.45, 7) is 1.89. The summed E-state index contributed by atoms with van der Waals surface area (Å²) in [5, 5.41) is 16.2. The van der Waals surface area contributed by atoms with Gasteiger partial charge in [0, 0.05) is 29.2 Å². The van der Waals surface area contributed by atoms with Gasteiger partial charge in [-0.2, -0.15) is 5.10 Å². The lowest BCUT2D eigenvalue weighted by molar-refractivity contribution is 0.281. The van der Waals surface area contributed by atoms with Crippen LogP contribution in [0.15, 0.2) is 24.5 Å². The van der Waals surface area contributed by atoms with Crippen molar-refractivity contribution in [2.75, 3.05) is 0 Å². The number of hydrogen-bond donors (Lipinski definition) is 2. The maximum atomic E-state index is 9.17. The first-order chi connectivity index (χ1) is 6.83. The van der Waals surface area contributed by atoms with E-state index in [0.717, 1.165) is 22.5 Å². The van der Waals surface area contributed by atoms with Gasteiger partial charge in [0.05, 0.1) is 12.3 Å². The second kappa shape index (κ2) is 3.59. The molecule has 0 bridgehead atoms. The molecule has 0 aliphatic heterocycles. The number of aliphatic hydroxyl groups excluding tert-OH is 1. The van der Waals surface area contributed by atoms with Crippen molar-refractivity contribution >= 4 is 0 Å². The Morgan fingerprint density at radius 1 is 1.36 bits per heavy atom. The summed E-state index contributed by atoms with van der Waals surface area (Å²) >= 11 is 0. The second-order valence-corrected chi connectivity index (χ2v) is 3.07. The number of H-pyrrole nitrogens is 1. The Bertz CT molecular complexity index is 422. The number of hydrogen-bond acceptors (Lipinski definition) is 3. The maximum absolute atomic E-state index is 9.17. The number of aliphatic hydroxyl groups is 1. The van der Waals surface area contributed by atoms with Crippen LogP contribution in [0.2, 0.25) is 0 Å². The molecule has 72 valence electrons. The highest BCUT2D eigenvalue weighted by atomic mass is 16.3. The topological polar surface area (TPSA) is 61.8 Å². The van der Waals surface area contributed by atoms with Gasteiger partial charge in [-0.25, -0.2) is 0 Å². The summed E-state index contributed by atoms with van der Waals surface area (Å²) in [4.78, 5) is 3.93. The molecular formula is C10H11N3O. The van der Waals surface area contributed by atoms with Crippen molar-refractivity contribution in [2.45, 2.75) is 13.5 Å². The highest BCUT2D eigenvalue weighted by Gasteiger charge is 2.10. The van der Waals surface area contributed by atoms with E-state index in [1.807, 2.05) is 19.1 Å². The average molecular weight is 189 g/mol. The number of rotatable bonds is 2. The molecule has 4 heteroatoms. The van der Waals surface area contributed by atoms with E-state index in [0.29, 0.717) is 0 Å². The summed E-state index contributed by atoms with van der Waals surface area (Å²) in [6.07, 6.45) is 3.42. The van der Waals surface area contributed by atoms with E-state index in [4.69, 9.17) is 0 Å². The number of aromatic amines is 1. The molecule has 0 atom stereocenters. The smallest absolute Gasteiger partial charge is 0.0979 e. The average Bonchev–Trinajstić information content (AvgIpc) is 2.61. The van der Waals surface area contributed by atoms with Gasteiger partial charge in [-0.05, 0) is 19.1 Å². The molecule has 0 fully saturated rings. The number of aryl methyl sites for hydroxylation is 1. The minimum atomic E-state index is -0.0000104. The first kappa shape index (κ1) is 8.90. The van der Waals surface area contributed by atoms with E-state index in [9.17, 15) is 5.11 Å². The highest BCUT2D eigenvalue weighted by molar-refractivity contribution is 5.62. The summed E-state index contributed by atoms with van der Waals surface area (Å²) < 4.78 is 0. The van der Waals surface area contributed by atoms with Crippen molar-refractivity contribution in [1.29, 1.82) is 0 Å². The molecular weight excluding hydrogens is 178 g/mol. The lowest BCUT2D eigenvalue weighted by Gasteiger charge is -1.99. The highest BCUT2D eigenvalue weighted by Crippen LogP contribution is 2.22. The van der Waals surface area contributed by atoms with Gasteiger partial charge in [0.25, 0.3) is 0 Å². The first-order valence-electron chi connectivity index (χ1n) is 4.38. The minimum Gasteiger partial charge on any atom is -0.392 e. The van der Waals surface area contributed by atoms with Crippen LogP contribution in [0.25, 0.3) is 11.3 Å². The molecule has 0 unspecified atom stereocenters. The number of aromatic nitrogens is 3. The van der Waals surface area contributed by atoms with Gasteiger partial charge in [0.2, 0.25) is 0 Å². The molecule has 0 radical (unpaired) electrons. The molecule has 4 nitrogen and oxygen atoms in total. The molecule has 2 heterocycles. The predicted octanol–water partition coefficient (Wildman–Crippen LogP) is 1.27. The van der Waals surface area contributed by atoms with Crippen molar-refractivity contribution in [3.63, 3.8) is 0 Å². The monoisotopic (exact) mass is 189 g/mol. The second-order valence-electron chi connectivity index (χ2n) is 3.07. The summed E-state index contributed by atoms with van der Waals surface area (Å²) in [5.74, 6) is 0. The molecule has 0 aliphatic carbocycles. The molecule has 2 aromatic heterocycles. The van der Waals surface area contributed by atoms with Crippen LogP contribution in [-0.4, -0.2) is 20.3 Å². The zero-order chi connectivity index (χ0) is 9.97. The van der Waals surface area contributed by atoms with Gasteiger partial charge in [-0.3, -0.25) is 10.1 Å².